The Morgan fingerprint density at radius 2 is 1.05 bits per heavy atom. The van der Waals surface area contributed by atoms with E-state index in [2.05, 4.69) is 20.6 Å². The Kier molecular flexibility index (Phi) is 16.3. The highest BCUT2D eigenvalue weighted by Crippen LogP contribution is 2.37. The fourth-order valence-electron chi connectivity index (χ4n) is 9.52. The highest BCUT2D eigenvalue weighted by Gasteiger charge is 2.30. The van der Waals surface area contributed by atoms with E-state index in [-0.39, 0.29) is 46.4 Å². The molecule has 8 aromatic rings. The lowest BCUT2D eigenvalue weighted by Gasteiger charge is -2.14. The van der Waals surface area contributed by atoms with Gasteiger partial charge in [-0.25, -0.2) is 18.7 Å². The van der Waals surface area contributed by atoms with Crippen molar-refractivity contribution in [2.75, 3.05) is 37.9 Å². The largest absolute Gasteiger partial charge is 0.494 e. The van der Waals surface area contributed by atoms with Gasteiger partial charge in [0.1, 0.15) is 23.7 Å². The summed E-state index contributed by atoms with van der Waals surface area (Å²) >= 11 is 0. The van der Waals surface area contributed by atoms with Gasteiger partial charge in [-0.3, -0.25) is 23.5 Å². The first-order valence-electron chi connectivity index (χ1n) is 25.8. The molecule has 412 valence electrons. The van der Waals surface area contributed by atoms with Gasteiger partial charge in [-0.05, 0) is 171 Å². The molecule has 0 amide bonds. The minimum absolute atomic E-state index is 0.0194. The van der Waals surface area contributed by atoms with Crippen molar-refractivity contribution in [3.05, 3.63) is 166 Å². The molecule has 2 N–H and O–H groups in total. The zero-order valence-corrected chi connectivity index (χ0v) is 43.7. The van der Waals surface area contributed by atoms with Gasteiger partial charge in [0, 0.05) is 59.6 Å². The summed E-state index contributed by atoms with van der Waals surface area (Å²) in [5.41, 5.74) is 8.85. The average molecular weight is 1090 g/mol. The smallest absolute Gasteiger partial charge is 0.390 e. The van der Waals surface area contributed by atoms with Crippen molar-refractivity contribution in [3.63, 3.8) is 0 Å². The third-order valence-corrected chi connectivity index (χ3v) is 14.0. The second-order valence-corrected chi connectivity index (χ2v) is 20.2. The number of carbonyl (C=O) groups is 3. The van der Waals surface area contributed by atoms with Gasteiger partial charge in [-0.2, -0.15) is 26.3 Å². The summed E-state index contributed by atoms with van der Waals surface area (Å²) in [7, 11) is 2.70. The molecule has 10 rings (SSSR count). The van der Waals surface area contributed by atoms with E-state index in [4.69, 9.17) is 9.47 Å². The van der Waals surface area contributed by atoms with Crippen molar-refractivity contribution in [3.8, 4) is 22.9 Å². The first-order valence-corrected chi connectivity index (χ1v) is 25.8. The monoisotopic (exact) mass is 1090 g/mol. The molecule has 0 spiro atoms. The molecule has 2 saturated carbocycles. The number of halogens is 8. The number of anilines is 2. The number of alkyl halides is 6. The molecule has 0 bridgehead atoms. The van der Waals surface area contributed by atoms with Crippen LogP contribution in [0.25, 0.3) is 33.4 Å². The SMILES string of the molecule is COc1ccc(C(=O)c2cc(NCCC(F)(F)F)c3ncn(-c4ccc(C(=O)CC5CC5)c(C)c4)c3c2)cc1F.COc1ccc(Cc2cc(NCCC(F)(F)F)c3ncn(-c4ccc(C(=O)CC5CC5)c(C)c4)c3c2)cc1F. The molecule has 0 aliphatic heterocycles. The number of methoxy groups -OCH3 is 2. The summed E-state index contributed by atoms with van der Waals surface area (Å²) in [5, 5.41) is 5.65. The predicted octanol–water partition coefficient (Wildman–Crippen LogP) is 14.5. The van der Waals surface area contributed by atoms with Crippen molar-refractivity contribution >= 4 is 50.8 Å². The second kappa shape index (κ2) is 23.1. The van der Waals surface area contributed by atoms with E-state index in [0.29, 0.717) is 81.2 Å². The van der Waals surface area contributed by atoms with E-state index in [1.807, 2.05) is 48.7 Å². The number of nitrogens with one attached hydrogen (secondary N) is 2. The molecule has 2 aliphatic rings. The zero-order chi connectivity index (χ0) is 56.3. The zero-order valence-electron chi connectivity index (χ0n) is 43.7. The first-order chi connectivity index (χ1) is 37.6. The van der Waals surface area contributed by atoms with Crippen LogP contribution in [0.3, 0.4) is 0 Å². The Morgan fingerprint density at radius 1 is 0.570 bits per heavy atom. The third kappa shape index (κ3) is 13.6. The normalized spacial score (nSPS) is 13.5. The van der Waals surface area contributed by atoms with Gasteiger partial charge >= 0.3 is 12.4 Å². The summed E-state index contributed by atoms with van der Waals surface area (Å²) in [6.07, 6.45) is -1.78. The quantitative estimate of drug-likeness (QED) is 0.0566. The molecule has 2 heterocycles. The maximum absolute atomic E-state index is 14.3. The van der Waals surface area contributed by atoms with Crippen LogP contribution in [0.5, 0.6) is 11.5 Å². The molecular weight excluding hydrogens is 1040 g/mol. The minimum Gasteiger partial charge on any atom is -0.494 e. The number of benzene rings is 6. The Bertz CT molecular complexity index is 3600. The number of hydrogen-bond donors (Lipinski definition) is 2. The number of carbonyl (C=O) groups excluding carboxylic acids is 3. The highest BCUT2D eigenvalue weighted by atomic mass is 19.4. The molecule has 0 saturated heterocycles. The van der Waals surface area contributed by atoms with Crippen molar-refractivity contribution < 1.29 is 59.0 Å². The van der Waals surface area contributed by atoms with Crippen LogP contribution >= 0.6 is 0 Å². The van der Waals surface area contributed by atoms with Crippen molar-refractivity contribution in [2.24, 2.45) is 11.8 Å². The maximum atomic E-state index is 14.3. The number of aromatic nitrogens is 4. The average Bonchev–Trinajstić information content (AvgIpc) is 4.40. The van der Waals surface area contributed by atoms with E-state index in [1.54, 1.807) is 47.3 Å². The maximum Gasteiger partial charge on any atom is 0.390 e. The lowest BCUT2D eigenvalue weighted by molar-refractivity contribution is -0.132. The summed E-state index contributed by atoms with van der Waals surface area (Å²) in [6, 6.07) is 26.1. The summed E-state index contributed by atoms with van der Waals surface area (Å²) in [4.78, 5) is 47.7. The lowest BCUT2D eigenvalue weighted by Crippen LogP contribution is -2.15. The van der Waals surface area contributed by atoms with Crippen molar-refractivity contribution in [1.29, 1.82) is 0 Å². The van der Waals surface area contributed by atoms with Crippen LogP contribution in [-0.4, -0.2) is 76.1 Å². The highest BCUT2D eigenvalue weighted by molar-refractivity contribution is 6.12. The standard InChI is InChI=1S/C30H27F4N3O3.C30H29F4N3O2/c1-17-11-21(6-7-22(17)26(38)12-18-3-4-18)37-16-36-28-24(35-10-9-30(32,33)34)14-20(15-25(28)37)29(39)19-5-8-27(40-2)23(31)13-19;1-18-11-22(6-7-23(18)27(38)16-19-3-4-19)37-17-36-29-25(35-10-9-30(32,33)34)14-21(15-26(29)37)12-20-5-8-28(39-2)24(31)13-20/h5-8,11,13-16,18,35H,3-4,9-10,12H2,1-2H3;5-8,11,13-15,17,19,35H,3-4,9-10,12,16H2,1-2H3. The van der Waals surface area contributed by atoms with Gasteiger partial charge in [-0.1, -0.05) is 6.07 Å². The van der Waals surface area contributed by atoms with Crippen molar-refractivity contribution in [1.82, 2.24) is 19.1 Å². The number of imidazole rings is 2. The van der Waals surface area contributed by atoms with E-state index in [9.17, 15) is 49.5 Å². The lowest BCUT2D eigenvalue weighted by atomic mass is 10.00. The number of hydrogen-bond acceptors (Lipinski definition) is 9. The number of fused-ring (bicyclic) bond motifs is 2. The van der Waals surface area contributed by atoms with Gasteiger partial charge in [0.15, 0.2) is 40.5 Å². The van der Waals surface area contributed by atoms with Gasteiger partial charge in [0.05, 0.1) is 49.5 Å². The van der Waals surface area contributed by atoms with E-state index in [0.717, 1.165) is 54.1 Å². The van der Waals surface area contributed by atoms with E-state index in [1.165, 1.54) is 44.8 Å². The number of rotatable bonds is 20. The Hall–Kier alpha value is -8.09. The van der Waals surface area contributed by atoms with Gasteiger partial charge < -0.3 is 20.1 Å². The predicted molar refractivity (Wildman–Crippen MR) is 285 cm³/mol. The molecule has 79 heavy (non-hydrogen) atoms. The summed E-state index contributed by atoms with van der Waals surface area (Å²) in [5.74, 6) is -0.415. The second-order valence-electron chi connectivity index (χ2n) is 20.2. The van der Waals surface area contributed by atoms with Gasteiger partial charge in [-0.15, -0.1) is 0 Å². The minimum atomic E-state index is -4.37. The number of Topliss-reactive ketones (excluding diaryl/α,β-unsaturated/α-hetero) is 2. The Morgan fingerprint density at radius 3 is 1.51 bits per heavy atom. The number of aryl methyl sites for hydroxylation is 2. The van der Waals surface area contributed by atoms with Gasteiger partial charge in [0.2, 0.25) is 0 Å². The first kappa shape index (κ1) is 55.7. The Labute approximate surface area is 450 Å². The summed E-state index contributed by atoms with van der Waals surface area (Å²) < 4.78 is 119. The van der Waals surface area contributed by atoms with E-state index < -0.39 is 49.2 Å². The van der Waals surface area contributed by atoms with E-state index >= 15 is 0 Å². The van der Waals surface area contributed by atoms with Crippen LogP contribution in [0.1, 0.15) is 110 Å². The number of nitrogens with zero attached hydrogens (tertiary/aromatic N) is 4. The Balaban J connectivity index is 0.000000192. The van der Waals surface area contributed by atoms with Crippen molar-refractivity contribution in [2.45, 2.75) is 84.0 Å². The molecule has 19 heteroatoms. The third-order valence-electron chi connectivity index (χ3n) is 14.0. The number of ether oxygens (including phenoxy) is 2. The summed E-state index contributed by atoms with van der Waals surface area (Å²) in [6.45, 7) is 3.02. The fraction of sp³-hybridized carbons (Fsp3) is 0.317. The molecule has 0 unspecified atom stereocenters. The van der Waals surface area contributed by atoms with Crippen LogP contribution < -0.4 is 20.1 Å². The molecule has 2 aliphatic carbocycles. The molecule has 2 fully saturated rings. The fourth-order valence-corrected chi connectivity index (χ4v) is 9.52. The van der Waals surface area contributed by atoms with Crippen LogP contribution in [-0.2, 0) is 6.42 Å². The molecular formula is C60H56F8N6O5. The molecule has 6 aromatic carbocycles. The molecule has 2 aromatic heterocycles. The van der Waals surface area contributed by atoms with Crippen LogP contribution in [0.4, 0.5) is 46.5 Å². The van der Waals surface area contributed by atoms with Crippen LogP contribution in [0.15, 0.2) is 110 Å². The molecule has 0 atom stereocenters. The van der Waals surface area contributed by atoms with Crippen LogP contribution in [0, 0.1) is 37.3 Å². The molecule has 11 nitrogen and oxygen atoms in total. The van der Waals surface area contributed by atoms with Crippen LogP contribution in [0.2, 0.25) is 0 Å². The molecule has 0 radical (unpaired) electrons. The topological polar surface area (TPSA) is 129 Å². The number of ketones is 3. The van der Waals surface area contributed by atoms with Gasteiger partial charge in [0.25, 0.3) is 0 Å².